The van der Waals surface area contributed by atoms with Crippen LogP contribution in [0, 0.1) is 17.9 Å². The Morgan fingerprint density at radius 1 is 1.78 bits per heavy atom. The van der Waals surface area contributed by atoms with Gasteiger partial charge in [-0.25, -0.2) is 0 Å². The highest BCUT2D eigenvalue weighted by Crippen LogP contribution is 2.16. The zero-order valence-electron chi connectivity index (χ0n) is 5.67. The maximum atomic E-state index is 8.55. The first kappa shape index (κ1) is 6.57. The summed E-state index contributed by atoms with van der Waals surface area (Å²) in [6.45, 7) is 2.09. The molecule has 0 spiro atoms. The lowest BCUT2D eigenvalue weighted by Gasteiger charge is -2.26. The molecule has 1 fully saturated rings. The van der Waals surface area contributed by atoms with Crippen molar-refractivity contribution in [3.05, 3.63) is 6.54 Å². The second-order valence-corrected chi connectivity index (χ2v) is 2.42. The molecule has 1 atom stereocenters. The summed E-state index contributed by atoms with van der Waals surface area (Å²) in [5.74, 6) is 0. The van der Waals surface area contributed by atoms with Crippen LogP contribution in [0.25, 0.3) is 0 Å². The molecule has 1 unspecified atom stereocenters. The Bertz CT molecular complexity index is 125. The van der Waals surface area contributed by atoms with Crippen molar-refractivity contribution in [1.82, 2.24) is 4.90 Å². The van der Waals surface area contributed by atoms with Gasteiger partial charge in [0.05, 0.1) is 12.1 Å². The standard InChI is InChI=1S/C7H11N2/c1-9-5-3-2-4-7(9)6-8/h5,7H,2-4H2,1H3. The lowest BCUT2D eigenvalue weighted by Crippen LogP contribution is -2.31. The molecule has 1 heterocycles. The van der Waals surface area contributed by atoms with Crippen LogP contribution in [-0.2, 0) is 0 Å². The molecule has 0 bridgehead atoms. The first-order valence-corrected chi connectivity index (χ1v) is 3.29. The SMILES string of the molecule is CN1[CH]CCCC1C#N. The molecule has 2 heteroatoms. The van der Waals surface area contributed by atoms with E-state index in [4.69, 9.17) is 5.26 Å². The number of rotatable bonds is 0. The van der Waals surface area contributed by atoms with E-state index in [2.05, 4.69) is 12.6 Å². The van der Waals surface area contributed by atoms with Crippen molar-refractivity contribution in [3.63, 3.8) is 0 Å². The molecular weight excluding hydrogens is 112 g/mol. The van der Waals surface area contributed by atoms with Gasteiger partial charge >= 0.3 is 0 Å². The smallest absolute Gasteiger partial charge is 0.0978 e. The van der Waals surface area contributed by atoms with Gasteiger partial charge in [0.2, 0.25) is 0 Å². The van der Waals surface area contributed by atoms with Crippen LogP contribution in [0.4, 0.5) is 0 Å². The average molecular weight is 123 g/mol. The largest absolute Gasteiger partial charge is 0.287 e. The van der Waals surface area contributed by atoms with E-state index in [1.54, 1.807) is 0 Å². The van der Waals surface area contributed by atoms with E-state index >= 15 is 0 Å². The number of nitrogens with zero attached hydrogens (tertiary/aromatic N) is 2. The van der Waals surface area contributed by atoms with Gasteiger partial charge in [0.25, 0.3) is 0 Å². The maximum Gasteiger partial charge on any atom is 0.0978 e. The molecule has 0 aromatic rings. The van der Waals surface area contributed by atoms with Crippen LogP contribution in [0.1, 0.15) is 19.3 Å². The maximum absolute atomic E-state index is 8.55. The first-order chi connectivity index (χ1) is 4.34. The molecular formula is C7H11N2. The molecule has 1 aliphatic heterocycles. The zero-order chi connectivity index (χ0) is 6.69. The molecule has 0 amide bonds. The molecule has 1 aliphatic rings. The number of likely N-dealkylation sites (tertiary alicyclic amines) is 1. The summed E-state index contributed by atoms with van der Waals surface area (Å²) < 4.78 is 0. The summed E-state index contributed by atoms with van der Waals surface area (Å²) in [5, 5.41) is 8.55. The van der Waals surface area contributed by atoms with Crippen LogP contribution < -0.4 is 0 Å². The van der Waals surface area contributed by atoms with Gasteiger partial charge in [-0.2, -0.15) is 5.26 Å². The van der Waals surface area contributed by atoms with Gasteiger partial charge in [0.15, 0.2) is 0 Å². The van der Waals surface area contributed by atoms with E-state index in [9.17, 15) is 0 Å². The van der Waals surface area contributed by atoms with Crippen molar-refractivity contribution in [2.75, 3.05) is 7.05 Å². The van der Waals surface area contributed by atoms with Gasteiger partial charge in [-0.15, -0.1) is 0 Å². The summed E-state index contributed by atoms with van der Waals surface area (Å²) in [5.41, 5.74) is 0. The molecule has 0 aromatic carbocycles. The Hall–Kier alpha value is -0.550. The molecule has 9 heavy (non-hydrogen) atoms. The van der Waals surface area contributed by atoms with Crippen molar-refractivity contribution in [2.45, 2.75) is 25.3 Å². The fourth-order valence-electron chi connectivity index (χ4n) is 1.09. The van der Waals surface area contributed by atoms with Gasteiger partial charge in [-0.1, -0.05) is 0 Å². The first-order valence-electron chi connectivity index (χ1n) is 3.29. The van der Waals surface area contributed by atoms with Crippen molar-refractivity contribution >= 4 is 0 Å². The predicted molar refractivity (Wildman–Crippen MR) is 35.3 cm³/mol. The molecule has 49 valence electrons. The van der Waals surface area contributed by atoms with E-state index in [-0.39, 0.29) is 6.04 Å². The topological polar surface area (TPSA) is 27.0 Å². The van der Waals surface area contributed by atoms with Crippen molar-refractivity contribution in [3.8, 4) is 6.07 Å². The molecule has 0 N–H and O–H groups in total. The van der Waals surface area contributed by atoms with E-state index in [0.29, 0.717) is 0 Å². The highest BCUT2D eigenvalue weighted by Gasteiger charge is 2.17. The normalized spacial score (nSPS) is 29.6. The number of nitriles is 1. The Labute approximate surface area is 56.1 Å². The number of piperidine rings is 1. The number of hydrogen-bond acceptors (Lipinski definition) is 2. The van der Waals surface area contributed by atoms with E-state index < -0.39 is 0 Å². The van der Waals surface area contributed by atoms with Gasteiger partial charge in [-0.05, 0) is 26.3 Å². The quantitative estimate of drug-likeness (QED) is 0.483. The van der Waals surface area contributed by atoms with E-state index in [1.165, 1.54) is 6.42 Å². The van der Waals surface area contributed by atoms with E-state index in [0.717, 1.165) is 12.8 Å². The zero-order valence-corrected chi connectivity index (χ0v) is 5.67. The minimum absolute atomic E-state index is 0.138. The minimum Gasteiger partial charge on any atom is -0.287 e. The predicted octanol–water partition coefficient (Wildman–Crippen LogP) is 1.16. The summed E-state index contributed by atoms with van der Waals surface area (Å²) in [6, 6.07) is 2.39. The lowest BCUT2D eigenvalue weighted by atomic mass is 10.0. The fourth-order valence-corrected chi connectivity index (χ4v) is 1.09. The molecule has 0 aliphatic carbocycles. The molecule has 1 rings (SSSR count). The third kappa shape index (κ3) is 1.43. The Morgan fingerprint density at radius 3 is 3.00 bits per heavy atom. The Balaban J connectivity index is 2.41. The van der Waals surface area contributed by atoms with Crippen LogP contribution in [0.2, 0.25) is 0 Å². The van der Waals surface area contributed by atoms with Crippen molar-refractivity contribution < 1.29 is 0 Å². The molecule has 0 aromatic heterocycles. The van der Waals surface area contributed by atoms with Crippen LogP contribution in [0.5, 0.6) is 0 Å². The summed E-state index contributed by atoms with van der Waals surface area (Å²) >= 11 is 0. The Kier molecular flexibility index (Phi) is 2.07. The monoisotopic (exact) mass is 123 g/mol. The molecule has 1 radical (unpaired) electrons. The molecule has 0 saturated carbocycles. The van der Waals surface area contributed by atoms with Crippen molar-refractivity contribution in [1.29, 1.82) is 5.26 Å². The molecule has 2 nitrogen and oxygen atoms in total. The van der Waals surface area contributed by atoms with Gasteiger partial charge in [0, 0.05) is 6.54 Å². The third-order valence-corrected chi connectivity index (χ3v) is 1.74. The van der Waals surface area contributed by atoms with Crippen LogP contribution in [0.3, 0.4) is 0 Å². The van der Waals surface area contributed by atoms with Crippen molar-refractivity contribution in [2.24, 2.45) is 0 Å². The van der Waals surface area contributed by atoms with Crippen LogP contribution >= 0.6 is 0 Å². The number of hydrogen-bond donors (Lipinski definition) is 0. The molecule has 1 saturated heterocycles. The fraction of sp³-hybridized carbons (Fsp3) is 0.714. The van der Waals surface area contributed by atoms with Gasteiger partial charge in [-0.3, -0.25) is 4.90 Å². The van der Waals surface area contributed by atoms with Gasteiger partial charge in [0.1, 0.15) is 0 Å². The van der Waals surface area contributed by atoms with Gasteiger partial charge < -0.3 is 0 Å². The van der Waals surface area contributed by atoms with Crippen LogP contribution in [0.15, 0.2) is 0 Å². The summed E-state index contributed by atoms with van der Waals surface area (Å²) in [7, 11) is 1.97. The highest BCUT2D eigenvalue weighted by molar-refractivity contribution is 4.95. The second-order valence-electron chi connectivity index (χ2n) is 2.42. The third-order valence-electron chi connectivity index (χ3n) is 1.74. The van der Waals surface area contributed by atoms with E-state index in [1.807, 2.05) is 11.9 Å². The second kappa shape index (κ2) is 2.84. The highest BCUT2D eigenvalue weighted by atomic mass is 15.1. The summed E-state index contributed by atoms with van der Waals surface area (Å²) in [4.78, 5) is 2.00. The lowest BCUT2D eigenvalue weighted by molar-refractivity contribution is 0.279. The van der Waals surface area contributed by atoms with Crippen LogP contribution in [-0.4, -0.2) is 18.0 Å². The Morgan fingerprint density at radius 2 is 2.56 bits per heavy atom. The average Bonchev–Trinajstić information content (AvgIpc) is 1.89. The summed E-state index contributed by atoms with van der Waals surface area (Å²) in [6.07, 6.45) is 3.33. The minimum atomic E-state index is 0.138.